The van der Waals surface area contributed by atoms with Gasteiger partial charge in [0.15, 0.2) is 0 Å². The summed E-state index contributed by atoms with van der Waals surface area (Å²) in [4.78, 5) is 15.7. The predicted molar refractivity (Wildman–Crippen MR) is 96.2 cm³/mol. The molecule has 2 aromatic rings. The van der Waals surface area contributed by atoms with Gasteiger partial charge in [-0.1, -0.05) is 24.3 Å². The van der Waals surface area contributed by atoms with Crippen molar-refractivity contribution < 1.29 is 9.53 Å². The van der Waals surface area contributed by atoms with E-state index in [1.807, 2.05) is 65.2 Å². The molecular formula is C19H19NO2S. The topological polar surface area (TPSA) is 29.5 Å². The highest BCUT2D eigenvalue weighted by atomic mass is 32.2. The van der Waals surface area contributed by atoms with Crippen molar-refractivity contribution in [1.82, 2.24) is 0 Å². The Hall–Kier alpha value is -2.20. The van der Waals surface area contributed by atoms with Crippen LogP contribution in [-0.2, 0) is 4.79 Å². The SMILES string of the molecule is COc1ccc(/C=C/C(=O)N2CCCSc3ccccc32)cc1. The number of nitrogens with zero attached hydrogens (tertiary/aromatic N) is 1. The summed E-state index contributed by atoms with van der Waals surface area (Å²) >= 11 is 1.82. The molecule has 2 aromatic carbocycles. The molecule has 0 atom stereocenters. The van der Waals surface area contributed by atoms with E-state index in [0.717, 1.165) is 35.7 Å². The van der Waals surface area contributed by atoms with E-state index in [2.05, 4.69) is 6.07 Å². The van der Waals surface area contributed by atoms with Crippen LogP contribution in [0.5, 0.6) is 5.75 Å². The van der Waals surface area contributed by atoms with Gasteiger partial charge in [0.05, 0.1) is 12.8 Å². The van der Waals surface area contributed by atoms with E-state index < -0.39 is 0 Å². The number of thioether (sulfide) groups is 1. The van der Waals surface area contributed by atoms with Gasteiger partial charge < -0.3 is 9.64 Å². The van der Waals surface area contributed by atoms with E-state index >= 15 is 0 Å². The van der Waals surface area contributed by atoms with Crippen LogP contribution >= 0.6 is 11.8 Å². The number of methoxy groups -OCH3 is 1. The highest BCUT2D eigenvalue weighted by Crippen LogP contribution is 2.33. The molecule has 1 aliphatic rings. The highest BCUT2D eigenvalue weighted by Gasteiger charge is 2.19. The molecule has 3 nitrogen and oxygen atoms in total. The lowest BCUT2D eigenvalue weighted by Crippen LogP contribution is -2.30. The molecule has 0 saturated carbocycles. The minimum Gasteiger partial charge on any atom is -0.497 e. The molecule has 3 rings (SSSR count). The molecule has 4 heteroatoms. The van der Waals surface area contributed by atoms with Gasteiger partial charge in [0.25, 0.3) is 5.91 Å². The Morgan fingerprint density at radius 3 is 2.74 bits per heavy atom. The van der Waals surface area contributed by atoms with Gasteiger partial charge in [-0.3, -0.25) is 4.79 Å². The van der Waals surface area contributed by atoms with Crippen molar-refractivity contribution in [2.45, 2.75) is 11.3 Å². The Balaban J connectivity index is 1.78. The van der Waals surface area contributed by atoms with E-state index in [4.69, 9.17) is 4.74 Å². The summed E-state index contributed by atoms with van der Waals surface area (Å²) in [6.07, 6.45) is 4.50. The number of carbonyl (C=O) groups excluding carboxylic acids is 1. The molecule has 1 aliphatic heterocycles. The average molecular weight is 325 g/mol. The van der Waals surface area contributed by atoms with Crippen LogP contribution in [0, 0.1) is 0 Å². The van der Waals surface area contributed by atoms with Crippen LogP contribution in [0.1, 0.15) is 12.0 Å². The van der Waals surface area contributed by atoms with Crippen molar-refractivity contribution in [3.63, 3.8) is 0 Å². The van der Waals surface area contributed by atoms with Crippen LogP contribution < -0.4 is 9.64 Å². The molecule has 0 unspecified atom stereocenters. The first-order chi connectivity index (χ1) is 11.3. The lowest BCUT2D eigenvalue weighted by Gasteiger charge is -2.20. The van der Waals surface area contributed by atoms with E-state index in [-0.39, 0.29) is 5.91 Å². The van der Waals surface area contributed by atoms with Crippen molar-refractivity contribution in [2.24, 2.45) is 0 Å². The number of para-hydroxylation sites is 1. The predicted octanol–water partition coefficient (Wildman–Crippen LogP) is 4.24. The maximum absolute atomic E-state index is 12.6. The number of fused-ring (bicyclic) bond motifs is 1. The normalized spacial score (nSPS) is 14.4. The zero-order valence-corrected chi connectivity index (χ0v) is 13.9. The zero-order chi connectivity index (χ0) is 16.1. The number of rotatable bonds is 3. The maximum atomic E-state index is 12.6. The molecule has 118 valence electrons. The summed E-state index contributed by atoms with van der Waals surface area (Å²) in [6.45, 7) is 0.760. The first-order valence-electron chi connectivity index (χ1n) is 7.63. The molecule has 23 heavy (non-hydrogen) atoms. The second-order valence-corrected chi connectivity index (χ2v) is 6.40. The molecule has 1 amide bonds. The first-order valence-corrected chi connectivity index (χ1v) is 8.62. The van der Waals surface area contributed by atoms with Crippen LogP contribution in [0.15, 0.2) is 59.5 Å². The smallest absolute Gasteiger partial charge is 0.251 e. The Labute approximate surface area is 141 Å². The number of amides is 1. The fraction of sp³-hybridized carbons (Fsp3) is 0.211. The summed E-state index contributed by atoms with van der Waals surface area (Å²) in [5, 5.41) is 0. The van der Waals surface area contributed by atoms with Crippen molar-refractivity contribution >= 4 is 29.4 Å². The van der Waals surface area contributed by atoms with E-state index in [1.54, 1.807) is 13.2 Å². The average Bonchev–Trinajstić information content (AvgIpc) is 2.82. The van der Waals surface area contributed by atoms with Crippen LogP contribution in [0.2, 0.25) is 0 Å². The maximum Gasteiger partial charge on any atom is 0.251 e. The van der Waals surface area contributed by atoms with Crippen molar-refractivity contribution in [2.75, 3.05) is 24.3 Å². The largest absolute Gasteiger partial charge is 0.497 e. The van der Waals surface area contributed by atoms with Crippen molar-refractivity contribution in [3.8, 4) is 5.75 Å². The number of anilines is 1. The third-order valence-electron chi connectivity index (χ3n) is 3.74. The molecule has 0 aromatic heterocycles. The number of hydrogen-bond acceptors (Lipinski definition) is 3. The Bertz CT molecular complexity index is 710. The van der Waals surface area contributed by atoms with Gasteiger partial charge in [-0.25, -0.2) is 0 Å². The fourth-order valence-electron chi connectivity index (χ4n) is 2.53. The third kappa shape index (κ3) is 3.77. The summed E-state index contributed by atoms with van der Waals surface area (Å²) in [5.41, 5.74) is 2.00. The quantitative estimate of drug-likeness (QED) is 0.791. The summed E-state index contributed by atoms with van der Waals surface area (Å²) < 4.78 is 5.14. The van der Waals surface area contributed by atoms with Gasteiger partial charge in [0.2, 0.25) is 0 Å². The lowest BCUT2D eigenvalue weighted by atomic mass is 10.2. The molecule has 0 radical (unpaired) electrons. The number of carbonyl (C=O) groups is 1. The van der Waals surface area contributed by atoms with Gasteiger partial charge >= 0.3 is 0 Å². The number of ether oxygens (including phenoxy) is 1. The molecule has 1 heterocycles. The van der Waals surface area contributed by atoms with Crippen LogP contribution in [0.3, 0.4) is 0 Å². The summed E-state index contributed by atoms with van der Waals surface area (Å²) in [6, 6.07) is 15.8. The molecular weight excluding hydrogens is 306 g/mol. The number of benzene rings is 2. The fourth-order valence-corrected chi connectivity index (χ4v) is 3.52. The Morgan fingerprint density at radius 2 is 1.96 bits per heavy atom. The van der Waals surface area contributed by atoms with Crippen LogP contribution in [-0.4, -0.2) is 25.3 Å². The Morgan fingerprint density at radius 1 is 1.17 bits per heavy atom. The third-order valence-corrected chi connectivity index (χ3v) is 4.89. The van der Waals surface area contributed by atoms with E-state index in [9.17, 15) is 4.79 Å². The van der Waals surface area contributed by atoms with Crippen molar-refractivity contribution in [3.05, 3.63) is 60.2 Å². The van der Waals surface area contributed by atoms with Gasteiger partial charge in [-0.05, 0) is 48.1 Å². The molecule has 0 fully saturated rings. The Kier molecular flexibility index (Phi) is 5.03. The van der Waals surface area contributed by atoms with Gasteiger partial charge in [-0.2, -0.15) is 0 Å². The molecule has 0 aliphatic carbocycles. The van der Waals surface area contributed by atoms with Crippen LogP contribution in [0.4, 0.5) is 5.69 Å². The molecule has 0 spiro atoms. The minimum atomic E-state index is 0.0239. The molecule has 0 N–H and O–H groups in total. The van der Waals surface area contributed by atoms with Gasteiger partial charge in [-0.15, -0.1) is 11.8 Å². The highest BCUT2D eigenvalue weighted by molar-refractivity contribution is 7.99. The molecule has 0 bridgehead atoms. The summed E-state index contributed by atoms with van der Waals surface area (Å²) in [7, 11) is 1.64. The van der Waals surface area contributed by atoms with Crippen molar-refractivity contribution in [1.29, 1.82) is 0 Å². The zero-order valence-electron chi connectivity index (χ0n) is 13.1. The van der Waals surface area contributed by atoms with Gasteiger partial charge in [0.1, 0.15) is 5.75 Å². The molecule has 0 saturated heterocycles. The van der Waals surface area contributed by atoms with E-state index in [1.165, 1.54) is 4.90 Å². The minimum absolute atomic E-state index is 0.0239. The number of hydrogen-bond donors (Lipinski definition) is 0. The lowest BCUT2D eigenvalue weighted by molar-refractivity contribution is -0.114. The van der Waals surface area contributed by atoms with Gasteiger partial charge in [0, 0.05) is 17.5 Å². The second kappa shape index (κ2) is 7.38. The monoisotopic (exact) mass is 325 g/mol. The van der Waals surface area contributed by atoms with E-state index in [0.29, 0.717) is 0 Å². The van der Waals surface area contributed by atoms with Crippen LogP contribution in [0.25, 0.3) is 6.08 Å². The standard InChI is InChI=1S/C19H19NO2S/c1-22-16-10-7-15(8-11-16)9-12-19(21)20-13-4-14-23-18-6-3-2-5-17(18)20/h2-3,5-12H,4,13-14H2,1H3/b12-9+. The first kappa shape index (κ1) is 15.7. The summed E-state index contributed by atoms with van der Waals surface area (Å²) in [5.74, 6) is 1.88. The second-order valence-electron chi connectivity index (χ2n) is 5.27.